The van der Waals surface area contributed by atoms with E-state index in [0.717, 1.165) is 12.5 Å². The first-order valence-corrected chi connectivity index (χ1v) is 3.13. The molecule has 0 bridgehead atoms. The van der Waals surface area contributed by atoms with Crippen molar-refractivity contribution in [1.82, 2.24) is 0 Å². The fraction of sp³-hybridized carbons (Fsp3) is 1.00. The molecule has 0 unspecified atom stereocenters. The second-order valence-corrected chi connectivity index (χ2v) is 2.37. The zero-order valence-corrected chi connectivity index (χ0v) is 5.91. The van der Waals surface area contributed by atoms with E-state index in [2.05, 4.69) is 0 Å². The SMILES string of the molecule is Cl.NCCCC1CC1. The molecule has 0 aromatic carbocycles. The van der Waals surface area contributed by atoms with E-state index in [4.69, 9.17) is 5.73 Å². The van der Waals surface area contributed by atoms with Crippen molar-refractivity contribution in [3.05, 3.63) is 0 Å². The lowest BCUT2D eigenvalue weighted by Crippen LogP contribution is -1.97. The van der Waals surface area contributed by atoms with Crippen molar-refractivity contribution in [2.75, 3.05) is 6.54 Å². The molecular weight excluding hydrogens is 122 g/mol. The molecule has 1 fully saturated rings. The third-order valence-electron chi connectivity index (χ3n) is 1.51. The quantitative estimate of drug-likeness (QED) is 0.625. The first-order chi connectivity index (χ1) is 3.43. The Kier molecular flexibility index (Phi) is 4.29. The van der Waals surface area contributed by atoms with Crippen LogP contribution < -0.4 is 5.73 Å². The van der Waals surface area contributed by atoms with Crippen molar-refractivity contribution in [3.63, 3.8) is 0 Å². The van der Waals surface area contributed by atoms with Gasteiger partial charge in [0, 0.05) is 0 Å². The highest BCUT2D eigenvalue weighted by molar-refractivity contribution is 5.85. The molecule has 0 spiro atoms. The molecule has 1 nitrogen and oxygen atoms in total. The molecule has 0 amide bonds. The van der Waals surface area contributed by atoms with Crippen LogP contribution in [-0.4, -0.2) is 6.54 Å². The van der Waals surface area contributed by atoms with Crippen molar-refractivity contribution in [3.8, 4) is 0 Å². The molecule has 1 rings (SSSR count). The lowest BCUT2D eigenvalue weighted by molar-refractivity contribution is 0.675. The molecular formula is C6H14ClN. The summed E-state index contributed by atoms with van der Waals surface area (Å²) in [7, 11) is 0. The lowest BCUT2D eigenvalue weighted by atomic mass is 10.2. The van der Waals surface area contributed by atoms with E-state index in [9.17, 15) is 0 Å². The van der Waals surface area contributed by atoms with Gasteiger partial charge in [-0.3, -0.25) is 0 Å². The predicted octanol–water partition coefficient (Wildman–Crippen LogP) is 1.56. The molecule has 0 heterocycles. The largest absolute Gasteiger partial charge is 0.330 e. The fourth-order valence-electron chi connectivity index (χ4n) is 0.813. The van der Waals surface area contributed by atoms with E-state index in [0.29, 0.717) is 0 Å². The van der Waals surface area contributed by atoms with Gasteiger partial charge in [-0.1, -0.05) is 12.8 Å². The molecule has 8 heavy (non-hydrogen) atoms. The van der Waals surface area contributed by atoms with Crippen LogP contribution in [-0.2, 0) is 0 Å². The molecule has 1 saturated carbocycles. The topological polar surface area (TPSA) is 26.0 Å². The summed E-state index contributed by atoms with van der Waals surface area (Å²) in [5.41, 5.74) is 5.30. The zero-order chi connectivity index (χ0) is 5.11. The molecule has 1 aliphatic rings. The second-order valence-electron chi connectivity index (χ2n) is 2.37. The summed E-state index contributed by atoms with van der Waals surface area (Å²) in [6.45, 7) is 0.885. The van der Waals surface area contributed by atoms with E-state index in [-0.39, 0.29) is 12.4 Å². The highest BCUT2D eigenvalue weighted by Crippen LogP contribution is 2.32. The predicted molar refractivity (Wildman–Crippen MR) is 38.3 cm³/mol. The van der Waals surface area contributed by atoms with Crippen LogP contribution in [0.25, 0.3) is 0 Å². The van der Waals surface area contributed by atoms with Crippen molar-refractivity contribution in [2.45, 2.75) is 25.7 Å². The molecule has 0 atom stereocenters. The monoisotopic (exact) mass is 135 g/mol. The van der Waals surface area contributed by atoms with Crippen LogP contribution >= 0.6 is 12.4 Å². The Morgan fingerprint density at radius 2 is 2.00 bits per heavy atom. The summed E-state index contributed by atoms with van der Waals surface area (Å²) in [5.74, 6) is 1.07. The Bertz CT molecular complexity index is 52.5. The molecule has 0 saturated heterocycles. The normalized spacial score (nSPS) is 17.6. The summed E-state index contributed by atoms with van der Waals surface area (Å²) in [6, 6.07) is 0. The number of halogens is 1. The summed E-state index contributed by atoms with van der Waals surface area (Å²) in [4.78, 5) is 0. The van der Waals surface area contributed by atoms with Crippen molar-refractivity contribution in [1.29, 1.82) is 0 Å². The Morgan fingerprint density at radius 1 is 1.38 bits per heavy atom. The summed E-state index contributed by atoms with van der Waals surface area (Å²) < 4.78 is 0. The van der Waals surface area contributed by atoms with Gasteiger partial charge in [0.05, 0.1) is 0 Å². The number of hydrogen-bond acceptors (Lipinski definition) is 1. The number of hydrogen-bond donors (Lipinski definition) is 1. The second kappa shape index (κ2) is 4.16. The van der Waals surface area contributed by atoms with Gasteiger partial charge in [-0.2, -0.15) is 0 Å². The van der Waals surface area contributed by atoms with Crippen molar-refractivity contribution < 1.29 is 0 Å². The highest BCUT2D eigenvalue weighted by atomic mass is 35.5. The smallest absolute Gasteiger partial charge is 0.00772 e. The first-order valence-electron chi connectivity index (χ1n) is 3.13. The van der Waals surface area contributed by atoms with Gasteiger partial charge in [0.25, 0.3) is 0 Å². The average molecular weight is 136 g/mol. The summed E-state index contributed by atoms with van der Waals surface area (Å²) in [5, 5.41) is 0. The Labute approximate surface area is 57.1 Å². The lowest BCUT2D eigenvalue weighted by Gasteiger charge is -1.89. The molecule has 2 heteroatoms. The van der Waals surface area contributed by atoms with E-state index >= 15 is 0 Å². The maximum absolute atomic E-state index is 5.30. The standard InChI is InChI=1S/C6H13N.ClH/c7-5-1-2-6-3-4-6;/h6H,1-5,7H2;1H. The molecule has 0 aromatic rings. The zero-order valence-electron chi connectivity index (χ0n) is 5.10. The third-order valence-corrected chi connectivity index (χ3v) is 1.51. The molecule has 0 aromatic heterocycles. The van der Waals surface area contributed by atoms with E-state index < -0.39 is 0 Å². The molecule has 50 valence electrons. The number of nitrogens with two attached hydrogens (primary N) is 1. The van der Waals surface area contributed by atoms with E-state index in [1.54, 1.807) is 0 Å². The Hall–Kier alpha value is 0.250. The van der Waals surface area contributed by atoms with Crippen LogP contribution in [0.15, 0.2) is 0 Å². The molecule has 1 aliphatic carbocycles. The van der Waals surface area contributed by atoms with Gasteiger partial charge in [-0.05, 0) is 25.3 Å². The van der Waals surface area contributed by atoms with Gasteiger partial charge in [0.2, 0.25) is 0 Å². The van der Waals surface area contributed by atoms with Gasteiger partial charge in [0.1, 0.15) is 0 Å². The Balaban J connectivity index is 0.000000490. The summed E-state index contributed by atoms with van der Waals surface area (Å²) >= 11 is 0. The van der Waals surface area contributed by atoms with Gasteiger partial charge in [-0.15, -0.1) is 12.4 Å². The molecule has 0 radical (unpaired) electrons. The van der Waals surface area contributed by atoms with Gasteiger partial charge in [0.15, 0.2) is 0 Å². The average Bonchev–Trinajstić information content (AvgIpc) is 2.42. The summed E-state index contributed by atoms with van der Waals surface area (Å²) in [6.07, 6.45) is 5.57. The van der Waals surface area contributed by atoms with Crippen LogP contribution in [0.3, 0.4) is 0 Å². The minimum absolute atomic E-state index is 0. The first kappa shape index (κ1) is 8.25. The fourth-order valence-corrected chi connectivity index (χ4v) is 0.813. The minimum Gasteiger partial charge on any atom is -0.330 e. The maximum Gasteiger partial charge on any atom is -0.00772 e. The third kappa shape index (κ3) is 3.28. The van der Waals surface area contributed by atoms with Crippen LogP contribution in [0.4, 0.5) is 0 Å². The van der Waals surface area contributed by atoms with Gasteiger partial charge in [-0.25, -0.2) is 0 Å². The maximum atomic E-state index is 5.30. The molecule has 0 aliphatic heterocycles. The Morgan fingerprint density at radius 3 is 2.38 bits per heavy atom. The van der Waals surface area contributed by atoms with Gasteiger partial charge < -0.3 is 5.73 Å². The van der Waals surface area contributed by atoms with Crippen LogP contribution in [0, 0.1) is 5.92 Å². The van der Waals surface area contributed by atoms with E-state index in [1.165, 1.54) is 25.7 Å². The van der Waals surface area contributed by atoms with Crippen LogP contribution in [0.1, 0.15) is 25.7 Å². The van der Waals surface area contributed by atoms with Crippen molar-refractivity contribution >= 4 is 12.4 Å². The highest BCUT2D eigenvalue weighted by Gasteiger charge is 2.19. The number of rotatable bonds is 3. The molecule has 2 N–H and O–H groups in total. The van der Waals surface area contributed by atoms with Gasteiger partial charge >= 0.3 is 0 Å². The van der Waals surface area contributed by atoms with Crippen molar-refractivity contribution in [2.24, 2.45) is 11.7 Å². The van der Waals surface area contributed by atoms with Crippen LogP contribution in [0.5, 0.6) is 0 Å². The van der Waals surface area contributed by atoms with E-state index in [1.807, 2.05) is 0 Å². The van der Waals surface area contributed by atoms with Crippen LogP contribution in [0.2, 0.25) is 0 Å². The minimum atomic E-state index is 0.